The second kappa shape index (κ2) is 4.34. The lowest BCUT2D eigenvalue weighted by molar-refractivity contribution is -0.126. The van der Waals surface area contributed by atoms with Crippen LogP contribution in [0.5, 0.6) is 5.75 Å². The van der Waals surface area contributed by atoms with Gasteiger partial charge in [0.25, 0.3) is 0 Å². The summed E-state index contributed by atoms with van der Waals surface area (Å²) < 4.78 is 5.61. The number of likely N-dealkylation sites (tertiary alicyclic amines) is 1. The number of ether oxygens (including phenoxy) is 1. The number of amides is 1. The first-order chi connectivity index (χ1) is 7.25. The predicted molar refractivity (Wildman–Crippen MR) is 57.7 cm³/mol. The Hall–Kier alpha value is -1.51. The van der Waals surface area contributed by atoms with Crippen LogP contribution in [0.15, 0.2) is 30.3 Å². The maximum atomic E-state index is 11.3. The van der Waals surface area contributed by atoms with E-state index < -0.39 is 0 Å². The van der Waals surface area contributed by atoms with Gasteiger partial charge >= 0.3 is 0 Å². The van der Waals surface area contributed by atoms with Gasteiger partial charge in [0, 0.05) is 25.9 Å². The van der Waals surface area contributed by atoms with Crippen LogP contribution in [0.1, 0.15) is 6.42 Å². The van der Waals surface area contributed by atoms with Gasteiger partial charge in [-0.15, -0.1) is 0 Å². The highest BCUT2D eigenvalue weighted by molar-refractivity contribution is 5.78. The summed E-state index contributed by atoms with van der Waals surface area (Å²) in [7, 11) is 1.84. The summed E-state index contributed by atoms with van der Waals surface area (Å²) in [5.74, 6) is 1.43. The minimum absolute atomic E-state index is 0.219. The smallest absolute Gasteiger partial charge is 0.222 e. The van der Waals surface area contributed by atoms with Crippen LogP contribution in [0.4, 0.5) is 0 Å². The monoisotopic (exact) mass is 205 g/mol. The maximum Gasteiger partial charge on any atom is 0.222 e. The van der Waals surface area contributed by atoms with Crippen LogP contribution < -0.4 is 4.74 Å². The highest BCUT2D eigenvalue weighted by Gasteiger charge is 2.26. The topological polar surface area (TPSA) is 29.5 Å². The molecule has 1 aromatic rings. The molecule has 1 unspecified atom stereocenters. The minimum atomic E-state index is 0.219. The van der Waals surface area contributed by atoms with Gasteiger partial charge in [-0.05, 0) is 12.1 Å². The maximum absolute atomic E-state index is 11.3. The summed E-state index contributed by atoms with van der Waals surface area (Å²) in [6.07, 6.45) is 0.614. The Kier molecular flexibility index (Phi) is 2.90. The molecule has 0 radical (unpaired) electrons. The molecule has 0 aromatic heterocycles. The zero-order valence-electron chi connectivity index (χ0n) is 8.85. The van der Waals surface area contributed by atoms with Gasteiger partial charge < -0.3 is 9.64 Å². The summed E-state index contributed by atoms with van der Waals surface area (Å²) in [6, 6.07) is 9.71. The summed E-state index contributed by atoms with van der Waals surface area (Å²) in [5, 5.41) is 0. The standard InChI is InChI=1S/C12H15NO2/c1-13-8-10(7-12(13)14)9-15-11-5-3-2-4-6-11/h2-6,10H,7-9H2,1H3. The van der Waals surface area contributed by atoms with E-state index in [9.17, 15) is 4.79 Å². The Labute approximate surface area is 89.7 Å². The molecule has 15 heavy (non-hydrogen) atoms. The van der Waals surface area contributed by atoms with Crippen LogP contribution in [0.25, 0.3) is 0 Å². The fourth-order valence-corrected chi connectivity index (χ4v) is 1.80. The molecular formula is C12H15NO2. The molecule has 0 bridgehead atoms. The molecule has 1 aromatic carbocycles. The van der Waals surface area contributed by atoms with Crippen molar-refractivity contribution < 1.29 is 9.53 Å². The molecule has 1 aliphatic rings. The first-order valence-corrected chi connectivity index (χ1v) is 5.17. The average Bonchev–Trinajstić information content (AvgIpc) is 2.57. The number of nitrogens with zero attached hydrogens (tertiary/aromatic N) is 1. The molecule has 1 saturated heterocycles. The van der Waals surface area contributed by atoms with E-state index in [0.717, 1.165) is 12.3 Å². The van der Waals surface area contributed by atoms with Crippen molar-refractivity contribution in [3.8, 4) is 5.75 Å². The van der Waals surface area contributed by atoms with Crippen molar-refractivity contribution in [1.82, 2.24) is 4.90 Å². The first kappa shape index (κ1) is 10.0. The molecule has 1 aliphatic heterocycles. The van der Waals surface area contributed by atoms with Gasteiger partial charge in [0.15, 0.2) is 0 Å². The predicted octanol–water partition coefficient (Wildman–Crippen LogP) is 1.54. The normalized spacial score (nSPS) is 20.7. The van der Waals surface area contributed by atoms with E-state index in [-0.39, 0.29) is 5.91 Å². The minimum Gasteiger partial charge on any atom is -0.493 e. The Morgan fingerprint density at radius 1 is 1.40 bits per heavy atom. The number of carbonyl (C=O) groups excluding carboxylic acids is 1. The largest absolute Gasteiger partial charge is 0.493 e. The van der Waals surface area contributed by atoms with E-state index in [4.69, 9.17) is 4.74 Å². The number of rotatable bonds is 3. The fourth-order valence-electron chi connectivity index (χ4n) is 1.80. The highest BCUT2D eigenvalue weighted by atomic mass is 16.5. The van der Waals surface area contributed by atoms with Crippen LogP contribution in [0.3, 0.4) is 0 Å². The SMILES string of the molecule is CN1CC(COc2ccccc2)CC1=O. The molecular weight excluding hydrogens is 190 g/mol. The number of para-hydroxylation sites is 1. The zero-order valence-corrected chi connectivity index (χ0v) is 8.85. The van der Waals surface area contributed by atoms with Crippen LogP contribution in [0, 0.1) is 5.92 Å². The molecule has 0 N–H and O–H groups in total. The Morgan fingerprint density at radius 3 is 2.73 bits per heavy atom. The average molecular weight is 205 g/mol. The van der Waals surface area contributed by atoms with Crippen LogP contribution >= 0.6 is 0 Å². The summed E-state index contributed by atoms with van der Waals surface area (Å²) in [6.45, 7) is 1.44. The van der Waals surface area contributed by atoms with Gasteiger partial charge in [-0.1, -0.05) is 18.2 Å². The van der Waals surface area contributed by atoms with Crippen molar-refractivity contribution in [1.29, 1.82) is 0 Å². The van der Waals surface area contributed by atoms with Gasteiger partial charge in [0.2, 0.25) is 5.91 Å². The number of hydrogen-bond donors (Lipinski definition) is 0. The number of benzene rings is 1. The lowest BCUT2D eigenvalue weighted by atomic mass is 10.1. The van der Waals surface area contributed by atoms with Crippen molar-refractivity contribution in [2.75, 3.05) is 20.2 Å². The number of carbonyl (C=O) groups is 1. The Morgan fingerprint density at radius 2 is 2.13 bits per heavy atom. The molecule has 2 rings (SSSR count). The third-order valence-electron chi connectivity index (χ3n) is 2.65. The molecule has 3 heteroatoms. The van der Waals surface area contributed by atoms with E-state index in [1.54, 1.807) is 4.90 Å². The molecule has 1 fully saturated rings. The van der Waals surface area contributed by atoms with Gasteiger partial charge in [-0.25, -0.2) is 0 Å². The molecule has 1 amide bonds. The van der Waals surface area contributed by atoms with Crippen LogP contribution in [-0.4, -0.2) is 31.0 Å². The summed E-state index contributed by atoms with van der Waals surface area (Å²) >= 11 is 0. The lowest BCUT2D eigenvalue weighted by Crippen LogP contribution is -2.20. The third-order valence-corrected chi connectivity index (χ3v) is 2.65. The summed E-state index contributed by atoms with van der Waals surface area (Å²) in [5.41, 5.74) is 0. The molecule has 3 nitrogen and oxygen atoms in total. The molecule has 0 spiro atoms. The van der Waals surface area contributed by atoms with Crippen LogP contribution in [-0.2, 0) is 4.79 Å². The van der Waals surface area contributed by atoms with E-state index in [0.29, 0.717) is 18.9 Å². The van der Waals surface area contributed by atoms with Crippen LogP contribution in [0.2, 0.25) is 0 Å². The van der Waals surface area contributed by atoms with Gasteiger partial charge in [-0.2, -0.15) is 0 Å². The van der Waals surface area contributed by atoms with E-state index in [1.807, 2.05) is 37.4 Å². The Bertz CT molecular complexity index is 337. The first-order valence-electron chi connectivity index (χ1n) is 5.17. The van der Waals surface area contributed by atoms with E-state index in [2.05, 4.69) is 0 Å². The second-order valence-corrected chi connectivity index (χ2v) is 3.97. The van der Waals surface area contributed by atoms with Crippen molar-refractivity contribution in [2.45, 2.75) is 6.42 Å². The molecule has 0 aliphatic carbocycles. The fraction of sp³-hybridized carbons (Fsp3) is 0.417. The number of hydrogen-bond acceptors (Lipinski definition) is 2. The van der Waals surface area contributed by atoms with Gasteiger partial charge in [0.05, 0.1) is 6.61 Å². The summed E-state index contributed by atoms with van der Waals surface area (Å²) in [4.78, 5) is 13.0. The van der Waals surface area contributed by atoms with Crippen molar-refractivity contribution in [3.63, 3.8) is 0 Å². The molecule has 1 heterocycles. The van der Waals surface area contributed by atoms with Gasteiger partial charge in [0.1, 0.15) is 5.75 Å². The van der Waals surface area contributed by atoms with Crippen molar-refractivity contribution >= 4 is 5.91 Å². The Balaban J connectivity index is 1.82. The molecule has 0 saturated carbocycles. The molecule has 1 atom stereocenters. The third kappa shape index (κ3) is 2.49. The molecule has 80 valence electrons. The van der Waals surface area contributed by atoms with Gasteiger partial charge in [-0.3, -0.25) is 4.79 Å². The van der Waals surface area contributed by atoms with Crippen molar-refractivity contribution in [3.05, 3.63) is 30.3 Å². The second-order valence-electron chi connectivity index (χ2n) is 3.97. The van der Waals surface area contributed by atoms with E-state index in [1.165, 1.54) is 0 Å². The van der Waals surface area contributed by atoms with Crippen molar-refractivity contribution in [2.24, 2.45) is 5.92 Å². The van der Waals surface area contributed by atoms with E-state index >= 15 is 0 Å². The highest BCUT2D eigenvalue weighted by Crippen LogP contribution is 2.18. The zero-order chi connectivity index (χ0) is 10.7. The quantitative estimate of drug-likeness (QED) is 0.749. The lowest BCUT2D eigenvalue weighted by Gasteiger charge is -2.11.